The van der Waals surface area contributed by atoms with E-state index in [0.29, 0.717) is 0 Å². The standard InChI is InChI=1S/C14H18N4OS/c1-9-14(20-18-17-9)12(16-15)4-2-10-3-5-13-11(8-10)6-7-19-13/h3,5,8,12,16H,2,4,6-7,15H2,1H3. The lowest BCUT2D eigenvalue weighted by molar-refractivity contribution is 0.357. The number of hydrogen-bond donors (Lipinski definition) is 2. The van der Waals surface area contributed by atoms with Gasteiger partial charge >= 0.3 is 0 Å². The van der Waals surface area contributed by atoms with Gasteiger partial charge in [-0.1, -0.05) is 16.6 Å². The van der Waals surface area contributed by atoms with Gasteiger partial charge in [0.2, 0.25) is 0 Å². The molecule has 5 nitrogen and oxygen atoms in total. The SMILES string of the molecule is Cc1nnsc1C(CCc1ccc2c(c1)CCO2)NN. The summed E-state index contributed by atoms with van der Waals surface area (Å²) in [4.78, 5) is 1.12. The van der Waals surface area contributed by atoms with Crippen molar-refractivity contribution in [3.63, 3.8) is 0 Å². The fourth-order valence-electron chi connectivity index (χ4n) is 2.55. The summed E-state index contributed by atoms with van der Waals surface area (Å²) in [6.07, 6.45) is 2.92. The van der Waals surface area contributed by atoms with E-state index in [-0.39, 0.29) is 6.04 Å². The maximum absolute atomic E-state index is 5.67. The number of nitrogens with two attached hydrogens (primary N) is 1. The average Bonchev–Trinajstić information content (AvgIpc) is 3.08. The number of nitrogens with one attached hydrogen (secondary N) is 1. The van der Waals surface area contributed by atoms with Crippen LogP contribution in [0.1, 0.15) is 34.2 Å². The lowest BCUT2D eigenvalue weighted by Gasteiger charge is -2.14. The maximum atomic E-state index is 5.67. The number of fused-ring (bicyclic) bond motifs is 1. The van der Waals surface area contributed by atoms with E-state index in [1.165, 1.54) is 22.7 Å². The minimum atomic E-state index is 0.111. The zero-order valence-corrected chi connectivity index (χ0v) is 12.2. The highest BCUT2D eigenvalue weighted by Crippen LogP contribution is 2.28. The first kappa shape index (κ1) is 13.5. The molecule has 0 bridgehead atoms. The van der Waals surface area contributed by atoms with Crippen LogP contribution in [0.2, 0.25) is 0 Å². The Morgan fingerprint density at radius 1 is 1.50 bits per heavy atom. The van der Waals surface area contributed by atoms with Crippen LogP contribution in [0.3, 0.4) is 0 Å². The van der Waals surface area contributed by atoms with Crippen LogP contribution in [-0.2, 0) is 12.8 Å². The molecule has 3 rings (SSSR count). The zero-order chi connectivity index (χ0) is 13.9. The molecule has 20 heavy (non-hydrogen) atoms. The number of aromatic nitrogens is 2. The van der Waals surface area contributed by atoms with Crippen molar-refractivity contribution in [1.29, 1.82) is 0 Å². The van der Waals surface area contributed by atoms with Gasteiger partial charge in [0.05, 0.1) is 23.2 Å². The second-order valence-corrected chi connectivity index (χ2v) is 5.81. The summed E-state index contributed by atoms with van der Waals surface area (Å²) < 4.78 is 9.50. The number of benzene rings is 1. The lowest BCUT2D eigenvalue weighted by Crippen LogP contribution is -2.28. The minimum absolute atomic E-state index is 0.111. The molecule has 106 valence electrons. The van der Waals surface area contributed by atoms with Crippen molar-refractivity contribution in [2.45, 2.75) is 32.2 Å². The van der Waals surface area contributed by atoms with Crippen LogP contribution in [0.15, 0.2) is 18.2 Å². The van der Waals surface area contributed by atoms with E-state index in [1.807, 2.05) is 6.92 Å². The Balaban J connectivity index is 1.68. The van der Waals surface area contributed by atoms with Crippen LogP contribution >= 0.6 is 11.5 Å². The normalized spacial score (nSPS) is 14.9. The summed E-state index contributed by atoms with van der Waals surface area (Å²) in [7, 11) is 0. The monoisotopic (exact) mass is 290 g/mol. The summed E-state index contributed by atoms with van der Waals surface area (Å²) >= 11 is 1.41. The Morgan fingerprint density at radius 2 is 2.40 bits per heavy atom. The Morgan fingerprint density at radius 3 is 3.15 bits per heavy atom. The predicted octanol–water partition coefficient (Wildman–Crippen LogP) is 1.92. The van der Waals surface area contributed by atoms with Crippen molar-refractivity contribution in [3.05, 3.63) is 39.9 Å². The van der Waals surface area contributed by atoms with Gasteiger partial charge in [-0.3, -0.25) is 11.3 Å². The Hall–Kier alpha value is -1.50. The maximum Gasteiger partial charge on any atom is 0.122 e. The van der Waals surface area contributed by atoms with Gasteiger partial charge < -0.3 is 4.74 Å². The first-order chi connectivity index (χ1) is 9.78. The highest BCUT2D eigenvalue weighted by atomic mass is 32.1. The van der Waals surface area contributed by atoms with Gasteiger partial charge in [-0.15, -0.1) is 5.10 Å². The topological polar surface area (TPSA) is 73.1 Å². The molecule has 1 aliphatic heterocycles. The van der Waals surface area contributed by atoms with Crippen LogP contribution < -0.4 is 16.0 Å². The third-order valence-electron chi connectivity index (χ3n) is 3.68. The van der Waals surface area contributed by atoms with Gasteiger partial charge in [0.15, 0.2) is 0 Å². The molecule has 6 heteroatoms. The van der Waals surface area contributed by atoms with Gasteiger partial charge in [-0.05, 0) is 48.5 Å². The van der Waals surface area contributed by atoms with Gasteiger partial charge in [0.1, 0.15) is 5.75 Å². The fraction of sp³-hybridized carbons (Fsp3) is 0.429. The smallest absolute Gasteiger partial charge is 0.122 e. The van der Waals surface area contributed by atoms with Crippen molar-refractivity contribution in [3.8, 4) is 5.75 Å². The number of rotatable bonds is 5. The molecule has 0 aliphatic carbocycles. The number of nitrogens with zero attached hydrogens (tertiary/aromatic N) is 2. The summed E-state index contributed by atoms with van der Waals surface area (Å²) in [5, 5.41) is 4.04. The highest BCUT2D eigenvalue weighted by Gasteiger charge is 2.17. The molecule has 1 atom stereocenters. The van der Waals surface area contributed by atoms with Gasteiger partial charge in [0.25, 0.3) is 0 Å². The predicted molar refractivity (Wildman–Crippen MR) is 78.7 cm³/mol. The third kappa shape index (κ3) is 2.67. The van der Waals surface area contributed by atoms with Crippen LogP contribution in [0.4, 0.5) is 0 Å². The molecule has 1 aliphatic rings. The molecule has 0 saturated carbocycles. The average molecular weight is 290 g/mol. The molecule has 0 radical (unpaired) electrons. The number of aryl methyl sites for hydroxylation is 2. The van der Waals surface area contributed by atoms with Crippen molar-refractivity contribution in [1.82, 2.24) is 15.0 Å². The molecule has 1 unspecified atom stereocenters. The zero-order valence-electron chi connectivity index (χ0n) is 11.4. The molecule has 0 amide bonds. The van der Waals surface area contributed by atoms with Crippen LogP contribution in [-0.4, -0.2) is 16.2 Å². The molecule has 0 spiro atoms. The van der Waals surface area contributed by atoms with E-state index < -0.39 is 0 Å². The molecule has 0 saturated heterocycles. The summed E-state index contributed by atoms with van der Waals surface area (Å²) in [6.45, 7) is 2.77. The Kier molecular flexibility index (Phi) is 3.95. The minimum Gasteiger partial charge on any atom is -0.493 e. The van der Waals surface area contributed by atoms with Crippen molar-refractivity contribution in [2.75, 3.05) is 6.61 Å². The summed E-state index contributed by atoms with van der Waals surface area (Å²) in [6, 6.07) is 6.56. The second kappa shape index (κ2) is 5.87. The molecule has 1 aromatic heterocycles. The third-order valence-corrected chi connectivity index (χ3v) is 4.62. The molecule has 2 aromatic rings. The van der Waals surface area contributed by atoms with Gasteiger partial charge in [-0.25, -0.2) is 0 Å². The van der Waals surface area contributed by atoms with E-state index in [0.717, 1.165) is 42.2 Å². The van der Waals surface area contributed by atoms with E-state index in [9.17, 15) is 0 Å². The number of hydrogen-bond acceptors (Lipinski definition) is 6. The fourth-order valence-corrected chi connectivity index (χ4v) is 3.29. The largest absolute Gasteiger partial charge is 0.493 e. The molecule has 2 heterocycles. The number of ether oxygens (including phenoxy) is 1. The second-order valence-electron chi connectivity index (χ2n) is 5.02. The summed E-state index contributed by atoms with van der Waals surface area (Å²) in [5.41, 5.74) is 6.47. The lowest BCUT2D eigenvalue weighted by atomic mass is 10.0. The van der Waals surface area contributed by atoms with Gasteiger partial charge in [-0.2, -0.15) is 0 Å². The highest BCUT2D eigenvalue weighted by molar-refractivity contribution is 7.05. The van der Waals surface area contributed by atoms with Crippen molar-refractivity contribution in [2.24, 2.45) is 5.84 Å². The molecular weight excluding hydrogens is 272 g/mol. The summed E-state index contributed by atoms with van der Waals surface area (Å²) in [5.74, 6) is 6.70. The van der Waals surface area contributed by atoms with Crippen molar-refractivity contribution >= 4 is 11.5 Å². The quantitative estimate of drug-likeness (QED) is 0.650. The first-order valence-electron chi connectivity index (χ1n) is 6.77. The first-order valence-corrected chi connectivity index (χ1v) is 7.55. The van der Waals surface area contributed by atoms with E-state index in [1.54, 1.807) is 0 Å². The molecule has 1 aromatic carbocycles. The molecule has 3 N–H and O–H groups in total. The van der Waals surface area contributed by atoms with Gasteiger partial charge in [0, 0.05) is 6.42 Å². The molecular formula is C14H18N4OS. The van der Waals surface area contributed by atoms with Crippen LogP contribution in [0, 0.1) is 6.92 Å². The van der Waals surface area contributed by atoms with Crippen LogP contribution in [0.25, 0.3) is 0 Å². The van der Waals surface area contributed by atoms with E-state index in [2.05, 4.69) is 33.2 Å². The Labute approximate surface area is 122 Å². The molecule has 0 fully saturated rings. The number of hydrazine groups is 1. The van der Waals surface area contributed by atoms with Crippen LogP contribution in [0.5, 0.6) is 5.75 Å². The van der Waals surface area contributed by atoms with E-state index in [4.69, 9.17) is 10.6 Å². The van der Waals surface area contributed by atoms with Crippen molar-refractivity contribution < 1.29 is 4.74 Å². The van der Waals surface area contributed by atoms with E-state index >= 15 is 0 Å². The Bertz CT molecular complexity index is 599.